The smallest absolute Gasteiger partial charge is 0.208 e. The summed E-state index contributed by atoms with van der Waals surface area (Å²) in [5, 5.41) is 1.25. The zero-order valence-electron chi connectivity index (χ0n) is 38.5. The van der Waals surface area contributed by atoms with Crippen molar-refractivity contribution in [1.29, 1.82) is 0 Å². The summed E-state index contributed by atoms with van der Waals surface area (Å²) in [6.07, 6.45) is 27.9. The molecule has 2 aliphatic carbocycles. The molecule has 0 fully saturated rings. The standard InChI is InChI=1S/C27H38N3S.C25H34N2OS.HI/c1-6-7-8-9-10-11-12-13-14-15-21-18-24-27(20-25(21)30(4)5)31-26-19-22(29(2)3)16-17-23(26)28-24;1-4-5-6-7-8-9-10-11-12-13-19-16-22-25(18-23(19)28)29-24-17-20(27(2)3)14-15-21(24)26-22;/h14-20H,6-13H2,1-5H3;14-18H,4-13H2,1-3H3;1H/q+1;;/p-1/b15-14+;;. The molecule has 61 heavy (non-hydrogen) atoms. The van der Waals surface area contributed by atoms with E-state index in [1.165, 1.54) is 122 Å². The Kier molecular flexibility index (Phi) is 21.6. The predicted octanol–water partition coefficient (Wildman–Crippen LogP) is 10.6. The van der Waals surface area contributed by atoms with Gasteiger partial charge in [0, 0.05) is 62.8 Å². The van der Waals surface area contributed by atoms with Crippen molar-refractivity contribution in [3.05, 3.63) is 93.4 Å². The van der Waals surface area contributed by atoms with Crippen LogP contribution >= 0.6 is 22.7 Å². The monoisotopic (exact) mass is 973 g/mol. The van der Waals surface area contributed by atoms with Gasteiger partial charge in [-0.1, -0.05) is 116 Å². The van der Waals surface area contributed by atoms with Crippen LogP contribution in [0.2, 0.25) is 0 Å². The number of benzene rings is 4. The van der Waals surface area contributed by atoms with Crippen LogP contribution in [-0.2, 0) is 6.42 Å². The van der Waals surface area contributed by atoms with E-state index in [-0.39, 0.29) is 29.4 Å². The van der Waals surface area contributed by atoms with Gasteiger partial charge in [0.1, 0.15) is 14.1 Å². The number of aryl methyl sites for hydroxylation is 1. The summed E-state index contributed by atoms with van der Waals surface area (Å²) >= 11 is 3.49. The SMILES string of the molecule is CCCCCCCCC/C=C/c1cc2nc3ccc(N(C)C)cc3sc-2cc1=[N+](C)C.CCCCCCCCCCCc1cc2nc3ccc(N(C)C)cc3sc-2cc1=O.[I-]. The average molecular weight is 974 g/mol. The summed E-state index contributed by atoms with van der Waals surface area (Å²) in [7, 11) is 12.5. The van der Waals surface area contributed by atoms with E-state index in [4.69, 9.17) is 9.97 Å². The first kappa shape index (κ1) is 50.2. The zero-order valence-corrected chi connectivity index (χ0v) is 42.3. The fourth-order valence-corrected chi connectivity index (χ4v) is 9.71. The Hall–Kier alpha value is -3.41. The Labute approximate surface area is 392 Å². The molecule has 330 valence electrons. The van der Waals surface area contributed by atoms with Crippen LogP contribution in [0.4, 0.5) is 11.4 Å². The molecular weight excluding hydrogens is 902 g/mol. The number of aromatic nitrogens is 2. The summed E-state index contributed by atoms with van der Waals surface area (Å²) in [6.45, 7) is 4.54. The fraction of sp³-hybridized carbons (Fsp3) is 0.500. The lowest BCUT2D eigenvalue weighted by atomic mass is 10.0. The van der Waals surface area contributed by atoms with Gasteiger partial charge in [-0.15, -0.1) is 22.7 Å². The van der Waals surface area contributed by atoms with Gasteiger partial charge in [-0.2, -0.15) is 0 Å². The molecule has 0 bridgehead atoms. The minimum Gasteiger partial charge on any atom is -1.00 e. The summed E-state index contributed by atoms with van der Waals surface area (Å²) in [4.78, 5) is 28.8. The summed E-state index contributed by atoms with van der Waals surface area (Å²) in [5.41, 5.74) is 8.80. The van der Waals surface area contributed by atoms with Crippen molar-refractivity contribution in [1.82, 2.24) is 14.5 Å². The van der Waals surface area contributed by atoms with Gasteiger partial charge in [-0.25, -0.2) is 14.5 Å². The van der Waals surface area contributed by atoms with Gasteiger partial charge in [0.2, 0.25) is 5.36 Å². The highest BCUT2D eigenvalue weighted by molar-refractivity contribution is 7.21. The first-order chi connectivity index (χ1) is 29.1. The van der Waals surface area contributed by atoms with Crippen molar-refractivity contribution in [3.8, 4) is 21.1 Å². The molecule has 0 N–H and O–H groups in total. The van der Waals surface area contributed by atoms with Gasteiger partial charge in [-0.3, -0.25) is 4.79 Å². The van der Waals surface area contributed by atoms with Gasteiger partial charge < -0.3 is 33.8 Å². The van der Waals surface area contributed by atoms with Crippen LogP contribution < -0.4 is 49.1 Å². The molecule has 6 rings (SSSR count). The van der Waals surface area contributed by atoms with Crippen LogP contribution in [0.3, 0.4) is 0 Å². The molecule has 0 saturated heterocycles. The number of hydrogen-bond acceptors (Lipinski definition) is 7. The molecular formula is C52H72IN5OS2. The van der Waals surface area contributed by atoms with Gasteiger partial charge in [0.15, 0.2) is 5.43 Å². The summed E-state index contributed by atoms with van der Waals surface area (Å²) in [6, 6.07) is 21.2. The highest BCUT2D eigenvalue weighted by Gasteiger charge is 2.14. The Balaban J connectivity index is 0.000000265. The fourth-order valence-electron chi connectivity index (χ4n) is 7.68. The van der Waals surface area contributed by atoms with E-state index in [0.717, 1.165) is 62.5 Å². The molecule has 0 atom stereocenters. The summed E-state index contributed by atoms with van der Waals surface area (Å²) < 4.78 is 4.56. The van der Waals surface area contributed by atoms with Crippen molar-refractivity contribution >= 4 is 60.6 Å². The molecule has 6 nitrogen and oxygen atoms in total. The van der Waals surface area contributed by atoms with Crippen molar-refractivity contribution in [2.75, 3.05) is 52.1 Å². The normalized spacial score (nSPS) is 11.3. The van der Waals surface area contributed by atoms with E-state index < -0.39 is 0 Å². The van der Waals surface area contributed by atoms with Gasteiger partial charge >= 0.3 is 0 Å². The number of hydrogen-bond donors (Lipinski definition) is 0. The van der Waals surface area contributed by atoms with Gasteiger partial charge in [-0.05, 0) is 74.2 Å². The van der Waals surface area contributed by atoms with Crippen molar-refractivity contribution in [2.24, 2.45) is 0 Å². The average Bonchev–Trinajstić information content (AvgIpc) is 3.23. The van der Waals surface area contributed by atoms with E-state index in [9.17, 15) is 4.79 Å². The molecule has 2 aromatic carbocycles. The van der Waals surface area contributed by atoms with E-state index in [1.807, 2.05) is 31.5 Å². The van der Waals surface area contributed by atoms with Crippen LogP contribution in [0.5, 0.6) is 0 Å². The number of allylic oxidation sites excluding steroid dienone is 1. The maximum absolute atomic E-state index is 12.6. The maximum atomic E-state index is 12.6. The Morgan fingerprint density at radius 3 is 1.57 bits per heavy atom. The largest absolute Gasteiger partial charge is 1.00 e. The van der Waals surface area contributed by atoms with E-state index in [1.54, 1.807) is 17.4 Å². The van der Waals surface area contributed by atoms with Crippen molar-refractivity contribution < 1.29 is 24.0 Å². The predicted molar refractivity (Wildman–Crippen MR) is 267 cm³/mol. The van der Waals surface area contributed by atoms with Crippen LogP contribution in [-0.4, -0.2) is 52.3 Å². The highest BCUT2D eigenvalue weighted by Crippen LogP contribution is 2.34. The Morgan fingerprint density at radius 2 is 1.07 bits per heavy atom. The lowest BCUT2D eigenvalue weighted by Gasteiger charge is -2.14. The zero-order chi connectivity index (χ0) is 42.9. The Morgan fingerprint density at radius 1 is 0.590 bits per heavy atom. The minimum atomic E-state index is 0. The van der Waals surface area contributed by atoms with Gasteiger partial charge in [0.25, 0.3) is 0 Å². The lowest BCUT2D eigenvalue weighted by molar-refractivity contribution is -0.0000125. The molecule has 0 aromatic heterocycles. The number of fused-ring (bicyclic) bond motifs is 4. The molecule has 2 aromatic rings. The van der Waals surface area contributed by atoms with E-state index in [0.29, 0.717) is 0 Å². The maximum Gasteiger partial charge on any atom is 0.208 e. The first-order valence-electron chi connectivity index (χ1n) is 22.9. The van der Waals surface area contributed by atoms with Crippen molar-refractivity contribution in [3.63, 3.8) is 0 Å². The highest BCUT2D eigenvalue weighted by atomic mass is 127. The topological polar surface area (TPSA) is 52.3 Å². The second-order valence-electron chi connectivity index (χ2n) is 17.1. The Bertz CT molecular complexity index is 2340. The molecule has 9 heteroatoms. The number of rotatable bonds is 21. The van der Waals surface area contributed by atoms with Crippen molar-refractivity contribution in [2.45, 2.75) is 129 Å². The molecule has 0 radical (unpaired) electrons. The molecule has 0 unspecified atom stereocenters. The lowest BCUT2D eigenvalue weighted by Crippen LogP contribution is -3.00. The molecule has 2 aliphatic heterocycles. The molecule has 2 heterocycles. The third kappa shape index (κ3) is 15.4. The van der Waals surface area contributed by atoms with Gasteiger partial charge in [0.05, 0.1) is 41.6 Å². The summed E-state index contributed by atoms with van der Waals surface area (Å²) in [5.74, 6) is 0. The molecule has 0 spiro atoms. The third-order valence-electron chi connectivity index (χ3n) is 11.4. The third-order valence-corrected chi connectivity index (χ3v) is 13.6. The molecule has 0 amide bonds. The van der Waals surface area contributed by atoms with E-state index in [2.05, 4.69) is 117 Å². The van der Waals surface area contributed by atoms with Crippen LogP contribution in [0.15, 0.2) is 71.5 Å². The minimum absolute atomic E-state index is 0. The first-order valence-corrected chi connectivity index (χ1v) is 24.5. The number of halogens is 1. The number of nitrogens with zero attached hydrogens (tertiary/aromatic N) is 5. The van der Waals surface area contributed by atoms with E-state index >= 15 is 0 Å². The second kappa shape index (κ2) is 26.3. The quantitative estimate of drug-likeness (QED) is 0.0311. The number of unbranched alkanes of at least 4 members (excludes halogenated alkanes) is 15. The van der Waals surface area contributed by atoms with Crippen LogP contribution in [0, 0.1) is 0 Å². The molecule has 0 saturated carbocycles. The second-order valence-corrected chi connectivity index (χ2v) is 19.3. The van der Waals surface area contributed by atoms with Crippen LogP contribution in [0.1, 0.15) is 134 Å². The molecule has 4 aliphatic rings. The number of anilines is 2. The van der Waals surface area contributed by atoms with Crippen LogP contribution in [0.25, 0.3) is 47.7 Å².